The molecule has 1 aliphatic rings. The van der Waals surface area contributed by atoms with Crippen LogP contribution in [-0.2, 0) is 0 Å². The summed E-state index contributed by atoms with van der Waals surface area (Å²) in [6.07, 6.45) is 0.876. The monoisotopic (exact) mass is 286 g/mol. The van der Waals surface area contributed by atoms with Gasteiger partial charge in [0.15, 0.2) is 0 Å². The second-order valence-corrected chi connectivity index (χ2v) is 5.63. The van der Waals surface area contributed by atoms with E-state index >= 15 is 0 Å². The highest BCUT2D eigenvalue weighted by molar-refractivity contribution is 5.97. The van der Waals surface area contributed by atoms with Crippen LogP contribution in [0, 0.1) is 5.92 Å². The number of likely N-dealkylation sites (tertiary alicyclic amines) is 1. The highest BCUT2D eigenvalue weighted by atomic mass is 16.4. The van der Waals surface area contributed by atoms with Crippen LogP contribution in [0.25, 0.3) is 11.0 Å². The number of carbonyl (C=O) groups is 1. The fraction of sp³-hybridized carbons (Fsp3) is 0.375. The molecule has 1 fully saturated rings. The van der Waals surface area contributed by atoms with E-state index in [1.165, 1.54) is 0 Å². The largest absolute Gasteiger partial charge is 0.422 e. The van der Waals surface area contributed by atoms with Gasteiger partial charge in [-0.2, -0.15) is 0 Å². The first kappa shape index (κ1) is 13.8. The van der Waals surface area contributed by atoms with Crippen molar-refractivity contribution in [3.05, 3.63) is 46.3 Å². The summed E-state index contributed by atoms with van der Waals surface area (Å²) >= 11 is 0. The van der Waals surface area contributed by atoms with E-state index in [0.717, 1.165) is 11.8 Å². The Hall–Kier alpha value is -2.14. The minimum absolute atomic E-state index is 0.0944. The number of benzene rings is 1. The Bertz CT molecular complexity index is 738. The lowest BCUT2D eigenvalue weighted by Gasteiger charge is -2.21. The average Bonchev–Trinajstić information content (AvgIpc) is 2.87. The molecule has 1 aliphatic heterocycles. The van der Waals surface area contributed by atoms with E-state index in [-0.39, 0.29) is 17.5 Å². The summed E-state index contributed by atoms with van der Waals surface area (Å²) < 4.78 is 5.23. The fourth-order valence-corrected chi connectivity index (χ4v) is 2.96. The Morgan fingerprint density at radius 3 is 2.90 bits per heavy atom. The number of rotatable bonds is 2. The first-order chi connectivity index (χ1) is 10.1. The Kier molecular flexibility index (Phi) is 3.51. The Morgan fingerprint density at radius 1 is 1.43 bits per heavy atom. The quantitative estimate of drug-likeness (QED) is 0.851. The van der Waals surface area contributed by atoms with Crippen molar-refractivity contribution in [1.29, 1.82) is 0 Å². The van der Waals surface area contributed by atoms with Crippen LogP contribution >= 0.6 is 0 Å². The van der Waals surface area contributed by atoms with Crippen molar-refractivity contribution in [2.75, 3.05) is 13.1 Å². The SMILES string of the molecule is CC1CC(CN)CN1C(=O)c1cc2ccccc2oc1=O. The number of para-hydroxylation sites is 1. The van der Waals surface area contributed by atoms with Crippen LogP contribution < -0.4 is 11.4 Å². The molecule has 2 unspecified atom stereocenters. The summed E-state index contributed by atoms with van der Waals surface area (Å²) in [5.74, 6) is 0.0365. The normalized spacial score (nSPS) is 21.9. The molecule has 1 aromatic heterocycles. The van der Waals surface area contributed by atoms with Crippen molar-refractivity contribution >= 4 is 16.9 Å². The maximum Gasteiger partial charge on any atom is 0.349 e. The topological polar surface area (TPSA) is 76.5 Å². The van der Waals surface area contributed by atoms with E-state index in [4.69, 9.17) is 10.2 Å². The van der Waals surface area contributed by atoms with Gasteiger partial charge in [0.2, 0.25) is 0 Å². The Balaban J connectivity index is 1.98. The molecular formula is C16H18N2O3. The van der Waals surface area contributed by atoms with Crippen LogP contribution in [-0.4, -0.2) is 29.9 Å². The van der Waals surface area contributed by atoms with Gasteiger partial charge in [-0.1, -0.05) is 18.2 Å². The summed E-state index contributed by atoms with van der Waals surface area (Å²) in [5.41, 5.74) is 5.69. The Morgan fingerprint density at radius 2 is 2.19 bits per heavy atom. The van der Waals surface area contributed by atoms with Gasteiger partial charge >= 0.3 is 5.63 Å². The Labute approximate surface area is 122 Å². The van der Waals surface area contributed by atoms with Crippen LogP contribution in [0.5, 0.6) is 0 Å². The van der Waals surface area contributed by atoms with Crippen LogP contribution in [0.3, 0.4) is 0 Å². The van der Waals surface area contributed by atoms with Gasteiger partial charge in [0, 0.05) is 18.0 Å². The third-order valence-electron chi connectivity index (χ3n) is 4.13. The number of fused-ring (bicyclic) bond motifs is 1. The van der Waals surface area contributed by atoms with Crippen molar-refractivity contribution in [3.8, 4) is 0 Å². The number of hydrogen-bond donors (Lipinski definition) is 1. The molecule has 0 bridgehead atoms. The summed E-state index contributed by atoms with van der Waals surface area (Å²) in [6, 6.07) is 8.89. The van der Waals surface area contributed by atoms with Gasteiger partial charge in [0.1, 0.15) is 11.1 Å². The highest BCUT2D eigenvalue weighted by Gasteiger charge is 2.33. The van der Waals surface area contributed by atoms with Gasteiger partial charge in [0.25, 0.3) is 5.91 Å². The lowest BCUT2D eigenvalue weighted by molar-refractivity contribution is 0.0739. The van der Waals surface area contributed by atoms with E-state index in [1.54, 1.807) is 23.1 Å². The van der Waals surface area contributed by atoms with Crippen molar-refractivity contribution in [1.82, 2.24) is 4.90 Å². The standard InChI is InChI=1S/C16H18N2O3/c1-10-6-11(8-17)9-18(10)15(19)13-7-12-4-2-3-5-14(12)21-16(13)20/h2-5,7,10-11H,6,8-9,17H2,1H3. The third kappa shape index (κ3) is 2.45. The van der Waals surface area contributed by atoms with Crippen molar-refractivity contribution in [2.45, 2.75) is 19.4 Å². The number of hydrogen-bond acceptors (Lipinski definition) is 4. The van der Waals surface area contributed by atoms with Gasteiger partial charge < -0.3 is 15.1 Å². The molecule has 21 heavy (non-hydrogen) atoms. The smallest absolute Gasteiger partial charge is 0.349 e. The van der Waals surface area contributed by atoms with Crippen molar-refractivity contribution in [2.24, 2.45) is 11.7 Å². The van der Waals surface area contributed by atoms with Gasteiger partial charge in [-0.25, -0.2) is 4.79 Å². The molecule has 0 spiro atoms. The van der Waals surface area contributed by atoms with Crippen LogP contribution in [0.4, 0.5) is 0 Å². The van der Waals surface area contributed by atoms with E-state index in [0.29, 0.717) is 24.6 Å². The maximum atomic E-state index is 12.6. The van der Waals surface area contributed by atoms with E-state index < -0.39 is 5.63 Å². The molecule has 0 saturated carbocycles. The van der Waals surface area contributed by atoms with Crippen LogP contribution in [0.1, 0.15) is 23.7 Å². The lowest BCUT2D eigenvalue weighted by atomic mass is 10.1. The van der Waals surface area contributed by atoms with Gasteiger partial charge in [-0.3, -0.25) is 4.79 Å². The molecule has 2 atom stereocenters. The fourth-order valence-electron chi connectivity index (χ4n) is 2.96. The summed E-state index contributed by atoms with van der Waals surface area (Å²) in [7, 11) is 0. The molecule has 2 aromatic rings. The molecule has 5 heteroatoms. The predicted octanol–water partition coefficient (Wildman–Crippen LogP) is 1.60. The van der Waals surface area contributed by atoms with E-state index in [9.17, 15) is 9.59 Å². The zero-order valence-corrected chi connectivity index (χ0v) is 11.9. The average molecular weight is 286 g/mol. The first-order valence-electron chi connectivity index (χ1n) is 7.14. The van der Waals surface area contributed by atoms with Crippen molar-refractivity contribution < 1.29 is 9.21 Å². The molecule has 3 rings (SSSR count). The predicted molar refractivity (Wildman–Crippen MR) is 80.1 cm³/mol. The van der Waals surface area contributed by atoms with Crippen LogP contribution in [0.15, 0.2) is 39.5 Å². The second kappa shape index (κ2) is 5.33. The number of carbonyl (C=O) groups excluding carboxylic acids is 1. The molecule has 5 nitrogen and oxygen atoms in total. The third-order valence-corrected chi connectivity index (χ3v) is 4.13. The van der Waals surface area contributed by atoms with Gasteiger partial charge in [0.05, 0.1) is 0 Å². The molecule has 1 aromatic carbocycles. The second-order valence-electron chi connectivity index (χ2n) is 5.63. The zero-order chi connectivity index (χ0) is 15.0. The molecule has 2 heterocycles. The first-order valence-corrected chi connectivity index (χ1v) is 7.14. The molecule has 1 saturated heterocycles. The summed E-state index contributed by atoms with van der Waals surface area (Å²) in [5, 5.41) is 0.752. The van der Waals surface area contributed by atoms with Gasteiger partial charge in [-0.15, -0.1) is 0 Å². The molecule has 2 N–H and O–H groups in total. The van der Waals surface area contributed by atoms with E-state index in [1.807, 2.05) is 19.1 Å². The molecule has 0 radical (unpaired) electrons. The number of nitrogens with two attached hydrogens (primary N) is 1. The lowest BCUT2D eigenvalue weighted by Crippen LogP contribution is -2.36. The molecule has 1 amide bonds. The molecule has 0 aliphatic carbocycles. The van der Waals surface area contributed by atoms with Gasteiger partial charge in [-0.05, 0) is 37.9 Å². The minimum atomic E-state index is -0.581. The zero-order valence-electron chi connectivity index (χ0n) is 11.9. The number of amides is 1. The highest BCUT2D eigenvalue weighted by Crippen LogP contribution is 2.24. The summed E-state index contributed by atoms with van der Waals surface area (Å²) in [6.45, 7) is 3.14. The maximum absolute atomic E-state index is 12.6. The van der Waals surface area contributed by atoms with Crippen LogP contribution in [0.2, 0.25) is 0 Å². The molecular weight excluding hydrogens is 268 g/mol. The summed E-state index contributed by atoms with van der Waals surface area (Å²) in [4.78, 5) is 26.4. The number of nitrogens with zero attached hydrogens (tertiary/aromatic N) is 1. The van der Waals surface area contributed by atoms with Crippen molar-refractivity contribution in [3.63, 3.8) is 0 Å². The molecule has 110 valence electrons. The minimum Gasteiger partial charge on any atom is -0.422 e. The van der Waals surface area contributed by atoms with E-state index in [2.05, 4.69) is 0 Å².